The van der Waals surface area contributed by atoms with Gasteiger partial charge < -0.3 is 19.3 Å². The van der Waals surface area contributed by atoms with Gasteiger partial charge in [-0.25, -0.2) is 0 Å². The summed E-state index contributed by atoms with van der Waals surface area (Å²) in [6, 6.07) is 0. The number of rotatable bonds is 8. The number of aliphatic carboxylic acids is 1. The number of hydrogen-bond acceptors (Lipinski definition) is 7. The van der Waals surface area contributed by atoms with Crippen LogP contribution >= 0.6 is 0 Å². The maximum atomic E-state index is 11.3. The van der Waals surface area contributed by atoms with Crippen molar-refractivity contribution in [2.24, 2.45) is 0 Å². The highest BCUT2D eigenvalue weighted by Crippen LogP contribution is 2.01. The van der Waals surface area contributed by atoms with Crippen LogP contribution in [0.3, 0.4) is 0 Å². The molecule has 0 aliphatic rings. The molecule has 8 heteroatoms. The van der Waals surface area contributed by atoms with Gasteiger partial charge in [0.25, 0.3) is 0 Å². The summed E-state index contributed by atoms with van der Waals surface area (Å²) < 4.78 is 14.1. The van der Waals surface area contributed by atoms with Gasteiger partial charge in [0.1, 0.15) is 13.2 Å². The van der Waals surface area contributed by atoms with Crippen LogP contribution in [-0.4, -0.2) is 48.3 Å². The molecule has 0 atom stereocenters. The number of esters is 3. The summed E-state index contributed by atoms with van der Waals surface area (Å²) in [6.07, 6.45) is -1.63. The lowest BCUT2D eigenvalue weighted by Gasteiger charge is -2.17. The molecule has 0 unspecified atom stereocenters. The number of hydrogen-bond donors (Lipinski definition) is 1. The fourth-order valence-electron chi connectivity index (χ4n) is 0.991. The first-order valence-electron chi connectivity index (χ1n) is 5.49. The van der Waals surface area contributed by atoms with E-state index in [4.69, 9.17) is 9.84 Å². The maximum absolute atomic E-state index is 11.3. The van der Waals surface area contributed by atoms with E-state index in [9.17, 15) is 19.2 Å². The molecule has 0 saturated carbocycles. The predicted molar refractivity (Wildman–Crippen MR) is 60.0 cm³/mol. The molecule has 0 aliphatic carbocycles. The van der Waals surface area contributed by atoms with E-state index in [1.807, 2.05) is 0 Å². The van der Waals surface area contributed by atoms with Gasteiger partial charge in [0.05, 0.1) is 12.8 Å². The van der Waals surface area contributed by atoms with E-state index in [1.165, 1.54) is 13.8 Å². The van der Waals surface area contributed by atoms with Gasteiger partial charge in [-0.3, -0.25) is 19.2 Å². The largest absolute Gasteiger partial charge is 0.481 e. The van der Waals surface area contributed by atoms with Crippen molar-refractivity contribution in [3.63, 3.8) is 0 Å². The molecule has 0 bridgehead atoms. The Morgan fingerprint density at radius 3 is 1.79 bits per heavy atom. The Balaban J connectivity index is 4.22. The molecule has 108 valence electrons. The van der Waals surface area contributed by atoms with Gasteiger partial charge in [-0.1, -0.05) is 0 Å². The number of carboxylic acid groups (broad SMARTS) is 1. The van der Waals surface area contributed by atoms with Crippen molar-refractivity contribution in [1.82, 2.24) is 0 Å². The van der Waals surface area contributed by atoms with Crippen LogP contribution in [0.4, 0.5) is 0 Å². The molecular weight excluding hydrogens is 260 g/mol. The molecule has 0 aliphatic heterocycles. The molecule has 0 fully saturated rings. The fourth-order valence-corrected chi connectivity index (χ4v) is 0.991. The second-order valence-corrected chi connectivity index (χ2v) is 3.61. The Bertz CT molecular complexity index is 331. The summed E-state index contributed by atoms with van der Waals surface area (Å²) >= 11 is 0. The van der Waals surface area contributed by atoms with Crippen LogP contribution in [0.2, 0.25) is 0 Å². The van der Waals surface area contributed by atoms with Crippen molar-refractivity contribution in [1.29, 1.82) is 0 Å². The summed E-state index contributed by atoms with van der Waals surface area (Å²) in [6.45, 7) is 1.83. The lowest BCUT2D eigenvalue weighted by atomic mass is 10.3. The van der Waals surface area contributed by atoms with Crippen LogP contribution in [-0.2, 0) is 33.4 Å². The van der Waals surface area contributed by atoms with Gasteiger partial charge in [0.2, 0.25) is 0 Å². The van der Waals surface area contributed by atoms with E-state index in [0.29, 0.717) is 0 Å². The molecule has 0 amide bonds. The molecule has 0 heterocycles. The first kappa shape index (κ1) is 16.9. The van der Waals surface area contributed by atoms with Crippen LogP contribution in [0.5, 0.6) is 0 Å². The van der Waals surface area contributed by atoms with Gasteiger partial charge in [0.15, 0.2) is 6.10 Å². The molecule has 0 radical (unpaired) electrons. The summed E-state index contributed by atoms with van der Waals surface area (Å²) in [5.41, 5.74) is 0. The minimum absolute atomic E-state index is 0.262. The number of carbonyl (C=O) groups excluding carboxylic acids is 3. The van der Waals surface area contributed by atoms with Gasteiger partial charge >= 0.3 is 23.9 Å². The third-order valence-corrected chi connectivity index (χ3v) is 1.79. The van der Waals surface area contributed by atoms with E-state index in [0.717, 1.165) is 0 Å². The van der Waals surface area contributed by atoms with Crippen molar-refractivity contribution in [2.45, 2.75) is 32.8 Å². The van der Waals surface area contributed by atoms with Gasteiger partial charge in [-0.2, -0.15) is 0 Å². The average Bonchev–Trinajstić information content (AvgIpc) is 2.29. The quantitative estimate of drug-likeness (QED) is 0.482. The zero-order valence-electron chi connectivity index (χ0n) is 10.7. The highest BCUT2D eigenvalue weighted by atomic mass is 16.6. The zero-order chi connectivity index (χ0) is 14.8. The first-order valence-corrected chi connectivity index (χ1v) is 5.49. The molecular formula is C11H16O8. The Kier molecular flexibility index (Phi) is 7.90. The van der Waals surface area contributed by atoms with Gasteiger partial charge in [-0.05, 0) is 0 Å². The number of carboxylic acids is 1. The van der Waals surface area contributed by atoms with E-state index in [2.05, 4.69) is 9.47 Å². The summed E-state index contributed by atoms with van der Waals surface area (Å²) in [5, 5.41) is 8.40. The lowest BCUT2D eigenvalue weighted by Crippen LogP contribution is -2.30. The standard InChI is InChI=1S/C11H16O8/c1-7(12)17-5-9(6-18-8(2)13)19-11(16)4-3-10(14)15/h9H,3-6H2,1-2H3,(H,14,15). The fraction of sp³-hybridized carbons (Fsp3) is 0.636. The molecule has 0 aromatic carbocycles. The molecule has 19 heavy (non-hydrogen) atoms. The van der Waals surface area contributed by atoms with Crippen molar-refractivity contribution in [2.75, 3.05) is 13.2 Å². The number of ether oxygens (including phenoxy) is 3. The summed E-state index contributed by atoms with van der Waals surface area (Å²) in [5.74, 6) is -3.05. The predicted octanol–water partition coefficient (Wildman–Crippen LogP) is -0.111. The Hall–Kier alpha value is -2.12. The highest BCUT2D eigenvalue weighted by molar-refractivity contribution is 5.76. The number of carbonyl (C=O) groups is 4. The van der Waals surface area contributed by atoms with Crippen LogP contribution in [0.1, 0.15) is 26.7 Å². The van der Waals surface area contributed by atoms with E-state index in [-0.39, 0.29) is 26.1 Å². The normalized spacial score (nSPS) is 9.84. The van der Waals surface area contributed by atoms with Crippen LogP contribution in [0.15, 0.2) is 0 Å². The highest BCUT2D eigenvalue weighted by Gasteiger charge is 2.18. The molecule has 0 aromatic rings. The molecule has 8 nitrogen and oxygen atoms in total. The minimum atomic E-state index is -1.13. The molecule has 0 aromatic heterocycles. The second-order valence-electron chi connectivity index (χ2n) is 3.61. The average molecular weight is 276 g/mol. The molecule has 0 spiro atoms. The third kappa shape index (κ3) is 10.7. The summed E-state index contributed by atoms with van der Waals surface area (Å²) in [4.78, 5) is 42.8. The van der Waals surface area contributed by atoms with Crippen LogP contribution in [0.25, 0.3) is 0 Å². The topological polar surface area (TPSA) is 116 Å². The van der Waals surface area contributed by atoms with Crippen molar-refractivity contribution in [3.05, 3.63) is 0 Å². The lowest BCUT2D eigenvalue weighted by molar-refractivity contribution is -0.166. The zero-order valence-corrected chi connectivity index (χ0v) is 10.7. The SMILES string of the molecule is CC(=O)OCC(COC(C)=O)OC(=O)CCC(=O)O. The van der Waals surface area contributed by atoms with Gasteiger partial charge in [-0.15, -0.1) is 0 Å². The summed E-state index contributed by atoms with van der Waals surface area (Å²) in [7, 11) is 0. The Morgan fingerprint density at radius 2 is 1.42 bits per heavy atom. The van der Waals surface area contributed by atoms with Gasteiger partial charge in [0, 0.05) is 13.8 Å². The van der Waals surface area contributed by atoms with Crippen molar-refractivity contribution >= 4 is 23.9 Å². The monoisotopic (exact) mass is 276 g/mol. The van der Waals surface area contributed by atoms with Crippen LogP contribution in [0, 0.1) is 0 Å². The molecule has 0 saturated heterocycles. The smallest absolute Gasteiger partial charge is 0.306 e. The van der Waals surface area contributed by atoms with E-state index in [1.54, 1.807) is 0 Å². The first-order chi connectivity index (χ1) is 8.81. The maximum Gasteiger partial charge on any atom is 0.306 e. The van der Waals surface area contributed by atoms with Crippen molar-refractivity contribution in [3.8, 4) is 0 Å². The molecule has 0 rings (SSSR count). The second kappa shape index (κ2) is 8.90. The molecule has 1 N–H and O–H groups in total. The van der Waals surface area contributed by atoms with Crippen LogP contribution < -0.4 is 0 Å². The Labute approximate surface area is 109 Å². The van der Waals surface area contributed by atoms with E-state index < -0.39 is 30.0 Å². The third-order valence-electron chi connectivity index (χ3n) is 1.79. The van der Waals surface area contributed by atoms with Crippen molar-refractivity contribution < 1.29 is 38.5 Å². The van der Waals surface area contributed by atoms with E-state index >= 15 is 0 Å². The minimum Gasteiger partial charge on any atom is -0.481 e. The Morgan fingerprint density at radius 1 is 0.947 bits per heavy atom.